The molecule has 1 saturated heterocycles. The molecule has 1 amide bonds. The number of amides is 1. The Bertz CT molecular complexity index is 515. The highest BCUT2D eigenvalue weighted by Gasteiger charge is 2.37. The zero-order chi connectivity index (χ0) is 17.7. The number of carbonyl (C=O) groups is 1. The average molecular weight is 361 g/mol. The van der Waals surface area contributed by atoms with Crippen LogP contribution in [0.15, 0.2) is 0 Å². The predicted octanol–water partition coefficient (Wildman–Crippen LogP) is 1.59. The van der Waals surface area contributed by atoms with Crippen LogP contribution in [0.3, 0.4) is 0 Å². The quantitative estimate of drug-likeness (QED) is 0.780. The lowest BCUT2D eigenvalue weighted by molar-refractivity contribution is -0.143. The van der Waals surface area contributed by atoms with Crippen molar-refractivity contribution >= 4 is 15.9 Å². The first-order valence-corrected chi connectivity index (χ1v) is 11.0. The zero-order valence-corrected chi connectivity index (χ0v) is 15.8. The maximum atomic E-state index is 13.0. The van der Waals surface area contributed by atoms with Gasteiger partial charge in [0.15, 0.2) is 0 Å². The second-order valence-electron chi connectivity index (χ2n) is 7.02. The second-order valence-corrected chi connectivity index (χ2v) is 9.28. The molecular weight excluding hydrogens is 328 g/mol. The van der Waals surface area contributed by atoms with E-state index in [1.54, 1.807) is 6.92 Å². The van der Waals surface area contributed by atoms with Crippen molar-refractivity contribution in [1.82, 2.24) is 9.21 Å². The van der Waals surface area contributed by atoms with E-state index in [2.05, 4.69) is 0 Å². The third-order valence-electron chi connectivity index (χ3n) is 5.40. The summed E-state index contributed by atoms with van der Waals surface area (Å²) in [6.07, 6.45) is 5.35. The van der Waals surface area contributed by atoms with Crippen molar-refractivity contribution in [1.29, 1.82) is 0 Å². The highest BCUT2D eigenvalue weighted by atomic mass is 32.2. The summed E-state index contributed by atoms with van der Waals surface area (Å²) in [4.78, 5) is 14.9. The van der Waals surface area contributed by atoms with Crippen molar-refractivity contribution in [3.05, 3.63) is 0 Å². The number of sulfonamides is 1. The molecule has 0 aromatic rings. The molecule has 0 radical (unpaired) electrons. The minimum absolute atomic E-state index is 0.0661. The third-order valence-corrected chi connectivity index (χ3v) is 7.28. The normalized spacial score (nSPS) is 27.1. The summed E-state index contributed by atoms with van der Waals surface area (Å²) in [5, 5.41) is 10.3. The standard InChI is InChI=1S/C17H32N2O4S/c1-3-11-19(15-7-5-6-8-16(15)20)17(21)14-9-12-18(13-10-14)24(22,23)4-2/h14-16,20H,3-13H2,1-2H3/t15-,16-/m0/s1. The van der Waals surface area contributed by atoms with E-state index in [4.69, 9.17) is 0 Å². The molecule has 1 aliphatic carbocycles. The van der Waals surface area contributed by atoms with Crippen LogP contribution in [-0.4, -0.2) is 66.2 Å². The Kier molecular flexibility index (Phi) is 7.07. The van der Waals surface area contributed by atoms with Crippen LogP contribution in [0.25, 0.3) is 0 Å². The van der Waals surface area contributed by atoms with Crippen molar-refractivity contribution in [2.75, 3.05) is 25.4 Å². The molecule has 2 fully saturated rings. The van der Waals surface area contributed by atoms with Gasteiger partial charge in [-0.25, -0.2) is 12.7 Å². The Hall–Kier alpha value is -0.660. The first-order valence-electron chi connectivity index (χ1n) is 9.37. The van der Waals surface area contributed by atoms with Crippen molar-refractivity contribution in [3.63, 3.8) is 0 Å². The summed E-state index contributed by atoms with van der Waals surface area (Å²) in [6.45, 7) is 5.24. The van der Waals surface area contributed by atoms with Crippen LogP contribution in [0.2, 0.25) is 0 Å². The van der Waals surface area contributed by atoms with Crippen molar-refractivity contribution in [3.8, 4) is 0 Å². The summed E-state index contributed by atoms with van der Waals surface area (Å²) in [7, 11) is -3.16. The van der Waals surface area contributed by atoms with Crippen LogP contribution in [0.1, 0.15) is 58.8 Å². The topological polar surface area (TPSA) is 77.9 Å². The van der Waals surface area contributed by atoms with Crippen LogP contribution in [0.5, 0.6) is 0 Å². The van der Waals surface area contributed by atoms with Crippen LogP contribution in [-0.2, 0) is 14.8 Å². The maximum absolute atomic E-state index is 13.0. The largest absolute Gasteiger partial charge is 0.391 e. The predicted molar refractivity (Wildman–Crippen MR) is 94.0 cm³/mol. The summed E-state index contributed by atoms with van der Waals surface area (Å²) < 4.78 is 25.4. The molecule has 1 heterocycles. The molecule has 1 aliphatic heterocycles. The molecule has 1 N–H and O–H groups in total. The number of aliphatic hydroxyl groups excluding tert-OH is 1. The number of nitrogens with zero attached hydrogens (tertiary/aromatic N) is 2. The minimum atomic E-state index is -3.16. The van der Waals surface area contributed by atoms with Gasteiger partial charge >= 0.3 is 0 Å². The molecule has 2 atom stereocenters. The van der Waals surface area contributed by atoms with Crippen molar-refractivity contribution in [2.45, 2.75) is 70.9 Å². The summed E-state index contributed by atoms with van der Waals surface area (Å²) in [5.41, 5.74) is 0. The van der Waals surface area contributed by atoms with Gasteiger partial charge in [-0.05, 0) is 39.0 Å². The first-order chi connectivity index (χ1) is 11.4. The van der Waals surface area contributed by atoms with Crippen LogP contribution >= 0.6 is 0 Å². The molecule has 0 unspecified atom stereocenters. The SMILES string of the molecule is CCCN(C(=O)C1CCN(S(=O)(=O)CC)CC1)[C@H]1CCCC[C@@H]1O. The van der Waals surface area contributed by atoms with E-state index in [-0.39, 0.29) is 23.6 Å². The number of hydrogen-bond acceptors (Lipinski definition) is 4. The zero-order valence-electron chi connectivity index (χ0n) is 15.0. The molecule has 1 saturated carbocycles. The first kappa shape index (κ1) is 19.7. The Morgan fingerprint density at radius 1 is 1.12 bits per heavy atom. The fourth-order valence-electron chi connectivity index (χ4n) is 3.93. The molecule has 24 heavy (non-hydrogen) atoms. The van der Waals surface area contributed by atoms with Crippen molar-refractivity contribution < 1.29 is 18.3 Å². The fourth-order valence-corrected chi connectivity index (χ4v) is 5.07. The molecule has 2 aliphatic rings. The molecule has 0 aromatic carbocycles. The summed E-state index contributed by atoms with van der Waals surface area (Å²) in [6, 6.07) is -0.0661. The Balaban J connectivity index is 2.00. The molecule has 2 rings (SSSR count). The average Bonchev–Trinajstić information content (AvgIpc) is 2.60. The van der Waals surface area contributed by atoms with E-state index < -0.39 is 16.1 Å². The molecule has 0 bridgehead atoms. The number of piperidine rings is 1. The van der Waals surface area contributed by atoms with Gasteiger partial charge in [-0.3, -0.25) is 4.79 Å². The van der Waals surface area contributed by atoms with Gasteiger partial charge in [0.05, 0.1) is 17.9 Å². The van der Waals surface area contributed by atoms with Gasteiger partial charge in [-0.1, -0.05) is 19.8 Å². The van der Waals surface area contributed by atoms with E-state index in [9.17, 15) is 18.3 Å². The second kappa shape index (κ2) is 8.63. The van der Waals surface area contributed by atoms with Crippen molar-refractivity contribution in [2.24, 2.45) is 5.92 Å². The van der Waals surface area contributed by atoms with Gasteiger partial charge in [0.2, 0.25) is 15.9 Å². The van der Waals surface area contributed by atoms with Crippen LogP contribution in [0, 0.1) is 5.92 Å². The maximum Gasteiger partial charge on any atom is 0.226 e. The molecule has 0 spiro atoms. The highest BCUT2D eigenvalue weighted by molar-refractivity contribution is 7.89. The molecule has 6 nitrogen and oxygen atoms in total. The number of aliphatic hydroxyl groups is 1. The highest BCUT2D eigenvalue weighted by Crippen LogP contribution is 2.28. The summed E-state index contributed by atoms with van der Waals surface area (Å²) in [5.74, 6) is 0.104. The van der Waals surface area contributed by atoms with E-state index in [0.717, 1.165) is 32.1 Å². The minimum Gasteiger partial charge on any atom is -0.391 e. The molecule has 140 valence electrons. The monoisotopic (exact) mass is 360 g/mol. The van der Waals surface area contributed by atoms with Crippen LogP contribution < -0.4 is 0 Å². The fraction of sp³-hybridized carbons (Fsp3) is 0.941. The lowest BCUT2D eigenvalue weighted by Crippen LogP contribution is -2.52. The molecule has 0 aromatic heterocycles. The van der Waals surface area contributed by atoms with E-state index >= 15 is 0 Å². The third kappa shape index (κ3) is 4.49. The van der Waals surface area contributed by atoms with E-state index in [1.165, 1.54) is 4.31 Å². The molecule has 7 heteroatoms. The van der Waals surface area contributed by atoms with Gasteiger partial charge in [0.1, 0.15) is 0 Å². The summed E-state index contributed by atoms with van der Waals surface area (Å²) >= 11 is 0. The Morgan fingerprint density at radius 3 is 2.29 bits per heavy atom. The van der Waals surface area contributed by atoms with E-state index in [0.29, 0.717) is 32.5 Å². The Morgan fingerprint density at radius 2 is 1.75 bits per heavy atom. The lowest BCUT2D eigenvalue weighted by atomic mass is 9.89. The lowest BCUT2D eigenvalue weighted by Gasteiger charge is -2.40. The number of carbonyl (C=O) groups excluding carboxylic acids is 1. The number of hydrogen-bond donors (Lipinski definition) is 1. The van der Waals surface area contributed by atoms with Gasteiger partial charge in [0, 0.05) is 25.6 Å². The van der Waals surface area contributed by atoms with Gasteiger partial charge in [0.25, 0.3) is 0 Å². The smallest absolute Gasteiger partial charge is 0.226 e. The van der Waals surface area contributed by atoms with E-state index in [1.807, 2.05) is 11.8 Å². The number of rotatable bonds is 6. The van der Waals surface area contributed by atoms with Gasteiger partial charge in [-0.2, -0.15) is 0 Å². The Labute approximate surface area is 146 Å². The van der Waals surface area contributed by atoms with Crippen LogP contribution in [0.4, 0.5) is 0 Å². The van der Waals surface area contributed by atoms with Gasteiger partial charge < -0.3 is 10.0 Å². The van der Waals surface area contributed by atoms with Gasteiger partial charge in [-0.15, -0.1) is 0 Å². The molecular formula is C17H32N2O4S.